The molecule has 0 fully saturated rings. The van der Waals surface area contributed by atoms with Gasteiger partial charge in [0, 0.05) is 24.4 Å². The van der Waals surface area contributed by atoms with Crippen LogP contribution in [0.15, 0.2) is 6.20 Å². The van der Waals surface area contributed by atoms with Crippen molar-refractivity contribution in [2.45, 2.75) is 26.2 Å². The van der Waals surface area contributed by atoms with E-state index in [0.717, 1.165) is 9.26 Å². The summed E-state index contributed by atoms with van der Waals surface area (Å²) >= 11 is 2.06. The fourth-order valence-corrected chi connectivity index (χ4v) is 2.75. The first-order valence-electron chi connectivity index (χ1n) is 3.85. The molecule has 0 aromatic carbocycles. The Morgan fingerprint density at radius 2 is 1.92 bits per heavy atom. The van der Waals surface area contributed by atoms with Crippen molar-refractivity contribution in [3.05, 3.63) is 21.3 Å². The Hall–Kier alpha value is -0.0600. The van der Waals surface area contributed by atoms with Crippen LogP contribution in [-0.4, -0.2) is 4.57 Å². The maximum absolute atomic E-state index is 13.1. The van der Waals surface area contributed by atoms with Crippen molar-refractivity contribution >= 4 is 22.6 Å². The number of hydrogen-bond acceptors (Lipinski definition) is 0. The predicted octanol–water partition coefficient (Wildman–Crippen LogP) is 3.07. The first-order valence-corrected chi connectivity index (χ1v) is 4.92. The molecule has 0 aliphatic carbocycles. The van der Waals surface area contributed by atoms with Crippen molar-refractivity contribution in [3.63, 3.8) is 0 Å². The van der Waals surface area contributed by atoms with Crippen molar-refractivity contribution in [1.29, 1.82) is 0 Å². The first kappa shape index (κ1) is 10.0. The molecule has 0 aliphatic heterocycles. The molecule has 0 aliphatic rings. The highest BCUT2D eigenvalue weighted by molar-refractivity contribution is 14.1. The van der Waals surface area contributed by atoms with Crippen molar-refractivity contribution in [3.8, 4) is 0 Å². The monoisotopic (exact) mass is 281 g/mol. The molecule has 1 nitrogen and oxygen atoms in total. The van der Waals surface area contributed by atoms with E-state index in [2.05, 4.69) is 43.4 Å². The van der Waals surface area contributed by atoms with E-state index in [4.69, 9.17) is 0 Å². The third-order valence-corrected chi connectivity index (χ3v) is 2.81. The molecule has 1 aromatic rings. The second-order valence-corrected chi connectivity index (χ2v) is 5.08. The Labute approximate surface area is 86.1 Å². The maximum Gasteiger partial charge on any atom is 0.154 e. The van der Waals surface area contributed by atoms with Crippen LogP contribution in [0.4, 0.5) is 4.39 Å². The number of halogens is 2. The second kappa shape index (κ2) is 3.01. The van der Waals surface area contributed by atoms with Crippen molar-refractivity contribution in [1.82, 2.24) is 4.57 Å². The lowest BCUT2D eigenvalue weighted by atomic mass is 9.92. The highest BCUT2D eigenvalue weighted by Gasteiger charge is 2.23. The minimum atomic E-state index is -0.122. The quantitative estimate of drug-likeness (QED) is 0.644. The molecule has 0 unspecified atom stereocenters. The molecule has 0 saturated heterocycles. The molecule has 0 radical (unpaired) electrons. The normalized spacial score (nSPS) is 12.2. The van der Waals surface area contributed by atoms with E-state index in [9.17, 15) is 4.39 Å². The van der Waals surface area contributed by atoms with E-state index < -0.39 is 0 Å². The fourth-order valence-electron chi connectivity index (χ4n) is 1.42. The van der Waals surface area contributed by atoms with Gasteiger partial charge in [-0.2, -0.15) is 0 Å². The van der Waals surface area contributed by atoms with Gasteiger partial charge in [-0.15, -0.1) is 0 Å². The zero-order valence-corrected chi connectivity index (χ0v) is 9.94. The fraction of sp³-hybridized carbons (Fsp3) is 0.556. The van der Waals surface area contributed by atoms with Gasteiger partial charge in [-0.05, 0) is 22.6 Å². The lowest BCUT2D eigenvalue weighted by molar-refractivity contribution is 0.539. The van der Waals surface area contributed by atoms with Gasteiger partial charge >= 0.3 is 0 Å². The van der Waals surface area contributed by atoms with Gasteiger partial charge in [0.05, 0.1) is 3.57 Å². The lowest BCUT2D eigenvalue weighted by Gasteiger charge is -2.20. The van der Waals surface area contributed by atoms with Crippen molar-refractivity contribution < 1.29 is 4.39 Å². The Kier molecular flexibility index (Phi) is 2.52. The summed E-state index contributed by atoms with van der Waals surface area (Å²) in [5.41, 5.74) is 1.07. The van der Waals surface area contributed by atoms with Crippen LogP contribution in [0, 0.1) is 9.39 Å². The highest BCUT2D eigenvalue weighted by Crippen LogP contribution is 2.29. The first-order chi connectivity index (χ1) is 5.34. The van der Waals surface area contributed by atoms with E-state index in [-0.39, 0.29) is 11.2 Å². The SMILES string of the molecule is Cn1cc(F)c(I)c1C(C)(C)C. The Bertz CT molecular complexity index is 296. The summed E-state index contributed by atoms with van der Waals surface area (Å²) in [6.45, 7) is 6.26. The van der Waals surface area contributed by atoms with Crippen LogP contribution in [0.2, 0.25) is 0 Å². The van der Waals surface area contributed by atoms with Gasteiger partial charge in [0.2, 0.25) is 0 Å². The Morgan fingerprint density at radius 3 is 2.08 bits per heavy atom. The summed E-state index contributed by atoms with van der Waals surface area (Å²) < 4.78 is 15.7. The van der Waals surface area contributed by atoms with E-state index in [0.29, 0.717) is 0 Å². The second-order valence-electron chi connectivity index (χ2n) is 4.00. The van der Waals surface area contributed by atoms with Gasteiger partial charge < -0.3 is 4.57 Å². The van der Waals surface area contributed by atoms with Gasteiger partial charge in [0.1, 0.15) is 0 Å². The van der Waals surface area contributed by atoms with Gasteiger partial charge in [-0.25, -0.2) is 4.39 Å². The summed E-state index contributed by atoms with van der Waals surface area (Å²) in [6, 6.07) is 0. The molecule has 12 heavy (non-hydrogen) atoms. The van der Waals surface area contributed by atoms with E-state index >= 15 is 0 Å². The minimum absolute atomic E-state index is 0.00954. The molecule has 1 aromatic heterocycles. The number of hydrogen-bond donors (Lipinski definition) is 0. The van der Waals surface area contributed by atoms with E-state index in [1.807, 2.05) is 11.6 Å². The molecule has 0 bridgehead atoms. The molecule has 0 amide bonds. The van der Waals surface area contributed by atoms with Crippen molar-refractivity contribution in [2.24, 2.45) is 7.05 Å². The molecule has 0 saturated carbocycles. The average Bonchev–Trinajstić information content (AvgIpc) is 2.05. The zero-order valence-electron chi connectivity index (χ0n) is 7.78. The van der Waals surface area contributed by atoms with Gasteiger partial charge in [-0.3, -0.25) is 0 Å². The standard InChI is InChI=1S/C9H13FIN/c1-9(2,3)8-7(11)6(10)5-12(8)4/h5H,1-4H3. The van der Waals surface area contributed by atoms with Crippen LogP contribution in [0.5, 0.6) is 0 Å². The third kappa shape index (κ3) is 1.65. The van der Waals surface area contributed by atoms with Gasteiger partial charge in [-0.1, -0.05) is 20.8 Å². The largest absolute Gasteiger partial charge is 0.350 e. The minimum Gasteiger partial charge on any atom is -0.350 e. The molecule has 0 spiro atoms. The maximum atomic E-state index is 13.1. The van der Waals surface area contributed by atoms with Crippen molar-refractivity contribution in [2.75, 3.05) is 0 Å². The summed E-state index contributed by atoms with van der Waals surface area (Å²) in [4.78, 5) is 0. The molecule has 0 atom stereocenters. The number of nitrogens with zero attached hydrogens (tertiary/aromatic N) is 1. The van der Waals surface area contributed by atoms with Crippen LogP contribution < -0.4 is 0 Å². The van der Waals surface area contributed by atoms with Crippen LogP contribution >= 0.6 is 22.6 Å². The Balaban J connectivity index is 3.32. The third-order valence-electron chi connectivity index (χ3n) is 1.79. The molecule has 0 N–H and O–H groups in total. The summed E-state index contributed by atoms with van der Waals surface area (Å²) in [5, 5.41) is 0. The number of aromatic nitrogens is 1. The van der Waals surface area contributed by atoms with Crippen LogP contribution in [0.1, 0.15) is 26.5 Å². The smallest absolute Gasteiger partial charge is 0.154 e. The van der Waals surface area contributed by atoms with Crippen LogP contribution in [-0.2, 0) is 12.5 Å². The molecule has 3 heteroatoms. The molecule has 1 rings (SSSR count). The molecular formula is C9H13FIN. The number of aryl methyl sites for hydroxylation is 1. The van der Waals surface area contributed by atoms with Gasteiger partial charge in [0.25, 0.3) is 0 Å². The summed E-state index contributed by atoms with van der Waals surface area (Å²) in [6.07, 6.45) is 1.53. The summed E-state index contributed by atoms with van der Waals surface area (Å²) in [5.74, 6) is -0.122. The molecular weight excluding hydrogens is 268 g/mol. The average molecular weight is 281 g/mol. The highest BCUT2D eigenvalue weighted by atomic mass is 127. The van der Waals surface area contributed by atoms with Crippen LogP contribution in [0.3, 0.4) is 0 Å². The van der Waals surface area contributed by atoms with E-state index in [1.54, 1.807) is 0 Å². The predicted molar refractivity (Wildman–Crippen MR) is 56.8 cm³/mol. The molecule has 68 valence electrons. The zero-order chi connectivity index (χ0) is 9.52. The number of rotatable bonds is 0. The Morgan fingerprint density at radius 1 is 1.42 bits per heavy atom. The van der Waals surface area contributed by atoms with E-state index in [1.165, 1.54) is 6.20 Å². The topological polar surface area (TPSA) is 4.93 Å². The summed E-state index contributed by atoms with van der Waals surface area (Å²) in [7, 11) is 1.88. The lowest BCUT2D eigenvalue weighted by Crippen LogP contribution is -2.17. The van der Waals surface area contributed by atoms with Gasteiger partial charge in [0.15, 0.2) is 5.82 Å². The van der Waals surface area contributed by atoms with Crippen LogP contribution in [0.25, 0.3) is 0 Å². The molecule has 1 heterocycles.